The third-order valence-electron chi connectivity index (χ3n) is 2.55. The zero-order valence-corrected chi connectivity index (χ0v) is 11.8. The van der Waals surface area contributed by atoms with Gasteiger partial charge in [-0.15, -0.1) is 0 Å². The van der Waals surface area contributed by atoms with Gasteiger partial charge in [-0.1, -0.05) is 28.9 Å². The number of rotatable bonds is 8. The summed E-state index contributed by atoms with van der Waals surface area (Å²) >= 11 is 3.41. The van der Waals surface area contributed by atoms with Crippen molar-refractivity contribution < 1.29 is 9.84 Å². The van der Waals surface area contributed by atoms with Gasteiger partial charge in [-0.05, 0) is 31.2 Å². The second-order valence-corrected chi connectivity index (χ2v) is 4.73. The fraction of sp³-hybridized carbons (Fsp3) is 0.538. The Hall–Kier alpha value is -0.580. The number of nitrogens with zero attached hydrogens (tertiary/aromatic N) is 1. The van der Waals surface area contributed by atoms with E-state index in [9.17, 15) is 0 Å². The van der Waals surface area contributed by atoms with E-state index in [2.05, 4.69) is 27.8 Å². The van der Waals surface area contributed by atoms with E-state index in [-0.39, 0.29) is 6.61 Å². The van der Waals surface area contributed by atoms with E-state index in [1.165, 1.54) is 0 Å². The maximum Gasteiger partial charge on any atom is 0.120 e. The van der Waals surface area contributed by atoms with Crippen LogP contribution in [0.1, 0.15) is 13.3 Å². The molecule has 0 fully saturated rings. The minimum Gasteiger partial charge on any atom is -0.492 e. The van der Waals surface area contributed by atoms with Crippen LogP contribution >= 0.6 is 15.9 Å². The summed E-state index contributed by atoms with van der Waals surface area (Å²) in [5.74, 6) is 0.887. The van der Waals surface area contributed by atoms with Crippen molar-refractivity contribution in [3.05, 3.63) is 28.7 Å². The maximum absolute atomic E-state index is 8.78. The lowest BCUT2D eigenvalue weighted by atomic mass is 10.3. The maximum atomic E-state index is 8.78. The van der Waals surface area contributed by atoms with Crippen LogP contribution in [-0.2, 0) is 0 Å². The molecule has 3 nitrogen and oxygen atoms in total. The monoisotopic (exact) mass is 301 g/mol. The highest BCUT2D eigenvalue weighted by Gasteiger charge is 2.02. The lowest BCUT2D eigenvalue weighted by Gasteiger charge is -2.19. The van der Waals surface area contributed by atoms with E-state index in [1.807, 2.05) is 24.3 Å². The Morgan fingerprint density at radius 3 is 2.82 bits per heavy atom. The predicted molar refractivity (Wildman–Crippen MR) is 73.5 cm³/mol. The number of benzene rings is 1. The van der Waals surface area contributed by atoms with Crippen molar-refractivity contribution in [2.45, 2.75) is 13.3 Å². The first-order chi connectivity index (χ1) is 8.26. The molecule has 0 radical (unpaired) electrons. The van der Waals surface area contributed by atoms with Crippen molar-refractivity contribution in [2.24, 2.45) is 0 Å². The van der Waals surface area contributed by atoms with Crippen LogP contribution in [0, 0.1) is 0 Å². The van der Waals surface area contributed by atoms with Crippen LogP contribution in [-0.4, -0.2) is 42.9 Å². The first-order valence-corrected chi connectivity index (χ1v) is 6.77. The van der Waals surface area contributed by atoms with Crippen LogP contribution in [0.4, 0.5) is 0 Å². The second kappa shape index (κ2) is 8.50. The normalized spacial score (nSPS) is 10.8. The van der Waals surface area contributed by atoms with Crippen LogP contribution in [0.5, 0.6) is 5.75 Å². The lowest BCUT2D eigenvalue weighted by Crippen LogP contribution is -2.29. The minimum absolute atomic E-state index is 0.253. The van der Waals surface area contributed by atoms with Gasteiger partial charge in [0.05, 0.1) is 0 Å². The SMILES string of the molecule is CCN(CCCO)CCOc1cccc(Br)c1. The van der Waals surface area contributed by atoms with Gasteiger partial charge in [0.25, 0.3) is 0 Å². The van der Waals surface area contributed by atoms with E-state index in [4.69, 9.17) is 9.84 Å². The van der Waals surface area contributed by atoms with Crippen LogP contribution in [0.2, 0.25) is 0 Å². The largest absolute Gasteiger partial charge is 0.492 e. The topological polar surface area (TPSA) is 32.7 Å². The fourth-order valence-electron chi connectivity index (χ4n) is 1.57. The van der Waals surface area contributed by atoms with E-state index in [0.717, 1.165) is 36.3 Å². The molecule has 0 saturated heterocycles. The Morgan fingerprint density at radius 2 is 2.18 bits per heavy atom. The number of aliphatic hydroxyl groups is 1. The Balaban J connectivity index is 2.26. The zero-order chi connectivity index (χ0) is 12.5. The molecule has 0 aromatic heterocycles. The highest BCUT2D eigenvalue weighted by Crippen LogP contribution is 2.17. The highest BCUT2D eigenvalue weighted by atomic mass is 79.9. The molecule has 17 heavy (non-hydrogen) atoms. The summed E-state index contributed by atoms with van der Waals surface area (Å²) in [7, 11) is 0. The molecule has 0 amide bonds. The van der Waals surface area contributed by atoms with Gasteiger partial charge in [0.1, 0.15) is 12.4 Å². The average molecular weight is 302 g/mol. The molecule has 0 saturated carbocycles. The molecule has 1 aromatic rings. The molecule has 0 bridgehead atoms. The highest BCUT2D eigenvalue weighted by molar-refractivity contribution is 9.10. The van der Waals surface area contributed by atoms with Crippen molar-refractivity contribution >= 4 is 15.9 Å². The molecule has 1 aromatic carbocycles. The van der Waals surface area contributed by atoms with E-state index in [1.54, 1.807) is 0 Å². The second-order valence-electron chi connectivity index (χ2n) is 3.82. The summed E-state index contributed by atoms with van der Waals surface area (Å²) in [6, 6.07) is 7.86. The van der Waals surface area contributed by atoms with E-state index in [0.29, 0.717) is 6.61 Å². The number of likely N-dealkylation sites (N-methyl/N-ethyl adjacent to an activating group) is 1. The molecular weight excluding hydrogens is 282 g/mol. The standard InChI is InChI=1S/C13H20BrNO2/c1-2-15(7-4-9-16)8-10-17-13-6-3-5-12(14)11-13/h3,5-6,11,16H,2,4,7-10H2,1H3. The third-order valence-corrected chi connectivity index (χ3v) is 3.05. The van der Waals surface area contributed by atoms with Gasteiger partial charge < -0.3 is 14.7 Å². The molecular formula is C13H20BrNO2. The molecule has 4 heteroatoms. The molecule has 0 aliphatic carbocycles. The number of hydrogen-bond donors (Lipinski definition) is 1. The summed E-state index contributed by atoms with van der Waals surface area (Å²) in [5, 5.41) is 8.78. The third kappa shape index (κ3) is 6.05. The van der Waals surface area contributed by atoms with Gasteiger partial charge in [0, 0.05) is 24.2 Å². The first-order valence-electron chi connectivity index (χ1n) is 5.98. The number of ether oxygens (including phenoxy) is 1. The summed E-state index contributed by atoms with van der Waals surface area (Å²) in [6.45, 7) is 5.86. The predicted octanol–water partition coefficient (Wildman–Crippen LogP) is 2.53. The fourth-order valence-corrected chi connectivity index (χ4v) is 1.95. The van der Waals surface area contributed by atoms with Gasteiger partial charge in [-0.25, -0.2) is 0 Å². The average Bonchev–Trinajstić information content (AvgIpc) is 2.33. The summed E-state index contributed by atoms with van der Waals surface area (Å²) < 4.78 is 6.70. The Bertz CT molecular complexity index is 320. The summed E-state index contributed by atoms with van der Waals surface area (Å²) in [5.41, 5.74) is 0. The van der Waals surface area contributed by atoms with Gasteiger partial charge in [0.2, 0.25) is 0 Å². The Labute approximate surface area is 112 Å². The Kier molecular flexibility index (Phi) is 7.24. The molecule has 1 rings (SSSR count). The van der Waals surface area contributed by atoms with Gasteiger partial charge >= 0.3 is 0 Å². The molecule has 0 aliphatic rings. The van der Waals surface area contributed by atoms with Crippen molar-refractivity contribution in [3.63, 3.8) is 0 Å². The van der Waals surface area contributed by atoms with Gasteiger partial charge in [0.15, 0.2) is 0 Å². The zero-order valence-electron chi connectivity index (χ0n) is 10.2. The molecule has 0 spiro atoms. The van der Waals surface area contributed by atoms with Crippen LogP contribution in [0.3, 0.4) is 0 Å². The van der Waals surface area contributed by atoms with Gasteiger partial charge in [-0.2, -0.15) is 0 Å². The molecule has 0 atom stereocenters. The van der Waals surface area contributed by atoms with Crippen LogP contribution in [0.15, 0.2) is 28.7 Å². The first kappa shape index (κ1) is 14.5. The van der Waals surface area contributed by atoms with E-state index >= 15 is 0 Å². The summed E-state index contributed by atoms with van der Waals surface area (Å²) in [6.07, 6.45) is 0.824. The number of halogens is 1. The number of hydrogen-bond acceptors (Lipinski definition) is 3. The van der Waals surface area contributed by atoms with Crippen molar-refractivity contribution in [1.29, 1.82) is 0 Å². The van der Waals surface area contributed by atoms with Crippen LogP contribution < -0.4 is 4.74 Å². The van der Waals surface area contributed by atoms with Crippen LogP contribution in [0.25, 0.3) is 0 Å². The van der Waals surface area contributed by atoms with Crippen molar-refractivity contribution in [1.82, 2.24) is 4.90 Å². The van der Waals surface area contributed by atoms with Crippen molar-refractivity contribution in [2.75, 3.05) is 32.8 Å². The Morgan fingerprint density at radius 1 is 1.35 bits per heavy atom. The molecule has 1 N–H and O–H groups in total. The quantitative estimate of drug-likeness (QED) is 0.801. The van der Waals surface area contributed by atoms with Crippen molar-refractivity contribution in [3.8, 4) is 5.75 Å². The molecule has 96 valence electrons. The molecule has 0 unspecified atom stereocenters. The smallest absolute Gasteiger partial charge is 0.120 e. The lowest BCUT2D eigenvalue weighted by molar-refractivity contribution is 0.195. The molecule has 0 aliphatic heterocycles. The van der Waals surface area contributed by atoms with Gasteiger partial charge in [-0.3, -0.25) is 0 Å². The van der Waals surface area contributed by atoms with E-state index < -0.39 is 0 Å². The minimum atomic E-state index is 0.253. The number of aliphatic hydroxyl groups excluding tert-OH is 1. The molecule has 0 heterocycles. The summed E-state index contributed by atoms with van der Waals surface area (Å²) in [4.78, 5) is 2.27.